The van der Waals surface area contributed by atoms with Crippen LogP contribution in [-0.4, -0.2) is 67.1 Å². The van der Waals surface area contributed by atoms with Crippen LogP contribution < -0.4 is 4.90 Å². The van der Waals surface area contributed by atoms with E-state index in [-0.39, 0.29) is 0 Å². The highest BCUT2D eigenvalue weighted by atomic mass is 79.9. The molecule has 0 spiro atoms. The molecule has 3 rings (SSSR count). The summed E-state index contributed by atoms with van der Waals surface area (Å²) in [6.45, 7) is 7.06. The van der Waals surface area contributed by atoms with Crippen LogP contribution in [0.3, 0.4) is 0 Å². The quantitative estimate of drug-likeness (QED) is 0.823. The van der Waals surface area contributed by atoms with Crippen molar-refractivity contribution in [1.29, 1.82) is 0 Å². The topological polar surface area (TPSA) is 22.6 Å². The summed E-state index contributed by atoms with van der Waals surface area (Å²) >= 11 is 3.50. The standard InChI is InChI=1S/C15H23BrN4/c1-18-4-2-3-14(12-18)19-5-7-20(8-6-19)15-9-13(16)10-17-11-15/h9-11,14H,2-8,12H2,1H3/t14-/m0/s1. The van der Waals surface area contributed by atoms with Gasteiger partial charge in [0.25, 0.3) is 0 Å². The second kappa shape index (κ2) is 6.41. The van der Waals surface area contributed by atoms with Crippen LogP contribution in [-0.2, 0) is 0 Å². The molecular weight excluding hydrogens is 316 g/mol. The molecule has 20 heavy (non-hydrogen) atoms. The Morgan fingerprint density at radius 2 is 1.95 bits per heavy atom. The molecule has 5 heteroatoms. The van der Waals surface area contributed by atoms with Gasteiger partial charge in [0.05, 0.1) is 11.9 Å². The van der Waals surface area contributed by atoms with Crippen LogP contribution in [0.25, 0.3) is 0 Å². The average molecular weight is 339 g/mol. The Labute approximate surface area is 129 Å². The van der Waals surface area contributed by atoms with Crippen LogP contribution in [0.1, 0.15) is 12.8 Å². The van der Waals surface area contributed by atoms with Crippen molar-refractivity contribution in [3.8, 4) is 0 Å². The molecular formula is C15H23BrN4. The number of hydrogen-bond acceptors (Lipinski definition) is 4. The van der Waals surface area contributed by atoms with Gasteiger partial charge in [0.15, 0.2) is 0 Å². The predicted molar refractivity (Wildman–Crippen MR) is 86.2 cm³/mol. The number of piperazine rings is 1. The van der Waals surface area contributed by atoms with Gasteiger partial charge in [0, 0.05) is 49.4 Å². The lowest BCUT2D eigenvalue weighted by Crippen LogP contribution is -2.54. The summed E-state index contributed by atoms with van der Waals surface area (Å²) in [6, 6.07) is 2.92. The third-order valence-corrected chi connectivity index (χ3v) is 4.92. The van der Waals surface area contributed by atoms with Gasteiger partial charge in [-0.1, -0.05) is 0 Å². The molecule has 1 atom stereocenters. The third kappa shape index (κ3) is 3.32. The van der Waals surface area contributed by atoms with Crippen molar-refractivity contribution in [2.75, 3.05) is 51.2 Å². The first kappa shape index (κ1) is 14.3. The van der Waals surface area contributed by atoms with Gasteiger partial charge in [-0.3, -0.25) is 9.88 Å². The van der Waals surface area contributed by atoms with Crippen LogP contribution in [0, 0.1) is 0 Å². The highest BCUT2D eigenvalue weighted by molar-refractivity contribution is 9.10. The molecule has 1 aromatic heterocycles. The van der Waals surface area contributed by atoms with Crippen LogP contribution in [0.15, 0.2) is 22.9 Å². The summed E-state index contributed by atoms with van der Waals surface area (Å²) < 4.78 is 1.06. The number of pyridine rings is 1. The lowest BCUT2D eigenvalue weighted by atomic mass is 10.0. The summed E-state index contributed by atoms with van der Waals surface area (Å²) in [6.07, 6.45) is 6.52. The molecule has 2 aliphatic heterocycles. The second-order valence-electron chi connectivity index (χ2n) is 5.94. The zero-order valence-corrected chi connectivity index (χ0v) is 13.7. The van der Waals surface area contributed by atoms with Gasteiger partial charge in [-0.2, -0.15) is 0 Å². The van der Waals surface area contributed by atoms with Gasteiger partial charge in [-0.25, -0.2) is 0 Å². The molecule has 0 aliphatic carbocycles. The lowest BCUT2D eigenvalue weighted by molar-refractivity contribution is 0.106. The predicted octanol–water partition coefficient (Wildman–Crippen LogP) is 2.06. The number of anilines is 1. The van der Waals surface area contributed by atoms with E-state index in [1.165, 1.54) is 44.7 Å². The molecule has 0 N–H and O–H groups in total. The van der Waals surface area contributed by atoms with E-state index in [9.17, 15) is 0 Å². The zero-order valence-electron chi connectivity index (χ0n) is 12.1. The van der Waals surface area contributed by atoms with Crippen LogP contribution in [0.4, 0.5) is 5.69 Å². The molecule has 0 bridgehead atoms. The Balaban J connectivity index is 1.56. The maximum Gasteiger partial charge on any atom is 0.0564 e. The summed E-state index contributed by atoms with van der Waals surface area (Å²) in [5, 5.41) is 0. The Bertz CT molecular complexity index is 445. The minimum Gasteiger partial charge on any atom is -0.368 e. The van der Waals surface area contributed by atoms with Crippen molar-refractivity contribution in [2.24, 2.45) is 0 Å². The summed E-state index contributed by atoms with van der Waals surface area (Å²) in [5.74, 6) is 0. The van der Waals surface area contributed by atoms with E-state index in [0.717, 1.165) is 23.6 Å². The summed E-state index contributed by atoms with van der Waals surface area (Å²) in [5.41, 5.74) is 1.24. The summed E-state index contributed by atoms with van der Waals surface area (Å²) in [7, 11) is 2.25. The van der Waals surface area contributed by atoms with Gasteiger partial charge in [-0.15, -0.1) is 0 Å². The number of nitrogens with zero attached hydrogens (tertiary/aromatic N) is 4. The molecule has 0 unspecified atom stereocenters. The number of likely N-dealkylation sites (tertiary alicyclic amines) is 1. The normalized spacial score (nSPS) is 25.9. The Morgan fingerprint density at radius 3 is 2.65 bits per heavy atom. The number of aromatic nitrogens is 1. The van der Waals surface area contributed by atoms with Crippen molar-refractivity contribution in [3.05, 3.63) is 22.9 Å². The molecule has 110 valence electrons. The monoisotopic (exact) mass is 338 g/mol. The van der Waals surface area contributed by atoms with E-state index in [4.69, 9.17) is 0 Å². The highest BCUT2D eigenvalue weighted by Gasteiger charge is 2.26. The number of hydrogen-bond donors (Lipinski definition) is 0. The zero-order chi connectivity index (χ0) is 13.9. The van der Waals surface area contributed by atoms with E-state index < -0.39 is 0 Å². The van der Waals surface area contributed by atoms with Crippen LogP contribution in [0.5, 0.6) is 0 Å². The molecule has 1 aromatic rings. The number of rotatable bonds is 2. The molecule has 2 fully saturated rings. The van der Waals surface area contributed by atoms with Crippen molar-refractivity contribution in [2.45, 2.75) is 18.9 Å². The first-order valence-electron chi connectivity index (χ1n) is 7.50. The molecule has 2 aliphatic rings. The Kier molecular flexibility index (Phi) is 4.58. The van der Waals surface area contributed by atoms with Gasteiger partial charge < -0.3 is 9.80 Å². The Hall–Kier alpha value is -0.650. The highest BCUT2D eigenvalue weighted by Crippen LogP contribution is 2.22. The molecule has 4 nitrogen and oxygen atoms in total. The van der Waals surface area contributed by atoms with Gasteiger partial charge in [-0.05, 0) is 48.4 Å². The fraction of sp³-hybridized carbons (Fsp3) is 0.667. The van der Waals surface area contributed by atoms with Crippen molar-refractivity contribution < 1.29 is 0 Å². The van der Waals surface area contributed by atoms with E-state index in [1.807, 2.05) is 12.4 Å². The molecule has 0 aromatic carbocycles. The molecule has 0 amide bonds. The van der Waals surface area contributed by atoms with Crippen molar-refractivity contribution in [3.63, 3.8) is 0 Å². The molecule has 0 saturated carbocycles. The summed E-state index contributed by atoms with van der Waals surface area (Å²) in [4.78, 5) is 11.9. The van der Waals surface area contributed by atoms with Crippen LogP contribution in [0.2, 0.25) is 0 Å². The Morgan fingerprint density at radius 1 is 1.15 bits per heavy atom. The fourth-order valence-electron chi connectivity index (χ4n) is 3.36. The first-order valence-corrected chi connectivity index (χ1v) is 8.30. The van der Waals surface area contributed by atoms with E-state index in [0.29, 0.717) is 0 Å². The van der Waals surface area contributed by atoms with Crippen molar-refractivity contribution in [1.82, 2.24) is 14.8 Å². The average Bonchev–Trinajstić information content (AvgIpc) is 2.47. The maximum atomic E-state index is 4.27. The number of halogens is 1. The largest absolute Gasteiger partial charge is 0.368 e. The minimum absolute atomic E-state index is 0.761. The second-order valence-corrected chi connectivity index (χ2v) is 6.86. The van der Waals surface area contributed by atoms with E-state index >= 15 is 0 Å². The molecule has 0 radical (unpaired) electrons. The van der Waals surface area contributed by atoms with E-state index in [2.05, 4.69) is 48.7 Å². The fourth-order valence-corrected chi connectivity index (χ4v) is 3.71. The SMILES string of the molecule is CN1CCC[C@H](N2CCN(c3cncc(Br)c3)CC2)C1. The van der Waals surface area contributed by atoms with Crippen LogP contribution >= 0.6 is 15.9 Å². The number of piperidine rings is 1. The maximum absolute atomic E-state index is 4.27. The van der Waals surface area contributed by atoms with Gasteiger partial charge >= 0.3 is 0 Å². The third-order valence-electron chi connectivity index (χ3n) is 4.49. The smallest absolute Gasteiger partial charge is 0.0564 e. The lowest BCUT2D eigenvalue weighted by Gasteiger charge is -2.43. The number of likely N-dealkylation sites (N-methyl/N-ethyl adjacent to an activating group) is 1. The minimum atomic E-state index is 0.761. The first-order chi connectivity index (χ1) is 9.72. The van der Waals surface area contributed by atoms with E-state index in [1.54, 1.807) is 0 Å². The van der Waals surface area contributed by atoms with Gasteiger partial charge in [0.2, 0.25) is 0 Å². The van der Waals surface area contributed by atoms with Crippen molar-refractivity contribution >= 4 is 21.6 Å². The molecule has 2 saturated heterocycles. The molecule has 3 heterocycles. The van der Waals surface area contributed by atoms with Gasteiger partial charge in [0.1, 0.15) is 0 Å².